The normalized spacial score (nSPS) is 16.1. The summed E-state index contributed by atoms with van der Waals surface area (Å²) in [5.74, 6) is 0.944. The minimum atomic E-state index is 0.453. The van der Waals surface area contributed by atoms with E-state index in [1.807, 2.05) is 12.1 Å². The van der Waals surface area contributed by atoms with Crippen LogP contribution in [0, 0.1) is 3.70 Å². The number of fused-ring (bicyclic) bond motifs is 1. The van der Waals surface area contributed by atoms with E-state index in [1.165, 1.54) is 12.8 Å². The molecular formula is C10H9IN2O. The topological polar surface area (TPSA) is 37.9 Å². The van der Waals surface area contributed by atoms with Gasteiger partial charge in [0.15, 0.2) is 0 Å². The van der Waals surface area contributed by atoms with E-state index in [9.17, 15) is 0 Å². The molecule has 0 bridgehead atoms. The number of aromatic nitrogens is 2. The summed E-state index contributed by atoms with van der Waals surface area (Å²) in [6.07, 6.45) is 2.84. The van der Waals surface area contributed by atoms with Gasteiger partial charge in [-0.05, 0) is 47.6 Å². The van der Waals surface area contributed by atoms with Crippen LogP contribution in [0.4, 0.5) is 0 Å². The summed E-state index contributed by atoms with van der Waals surface area (Å²) in [5, 5.41) is 8.28. The molecule has 0 saturated heterocycles. The number of aromatic amines is 1. The second-order valence-electron chi connectivity index (χ2n) is 3.54. The van der Waals surface area contributed by atoms with E-state index in [0.29, 0.717) is 6.10 Å². The van der Waals surface area contributed by atoms with Crippen LogP contribution in [0.2, 0.25) is 0 Å². The molecule has 3 nitrogen and oxygen atoms in total. The lowest BCUT2D eigenvalue weighted by molar-refractivity contribution is 0.303. The molecule has 2 aromatic rings. The Balaban J connectivity index is 2.01. The molecule has 1 N–H and O–H groups in total. The van der Waals surface area contributed by atoms with E-state index in [0.717, 1.165) is 20.4 Å². The molecule has 1 fully saturated rings. The Bertz CT molecular complexity index is 476. The second-order valence-corrected chi connectivity index (χ2v) is 4.56. The van der Waals surface area contributed by atoms with Crippen LogP contribution in [-0.2, 0) is 0 Å². The minimum Gasteiger partial charge on any atom is -0.490 e. The van der Waals surface area contributed by atoms with Gasteiger partial charge in [-0.25, -0.2) is 0 Å². The van der Waals surface area contributed by atoms with Gasteiger partial charge in [0.25, 0.3) is 0 Å². The van der Waals surface area contributed by atoms with E-state index in [4.69, 9.17) is 4.74 Å². The maximum Gasteiger partial charge on any atom is 0.130 e. The average molecular weight is 300 g/mol. The quantitative estimate of drug-likeness (QED) is 0.866. The van der Waals surface area contributed by atoms with E-state index in [1.54, 1.807) is 0 Å². The van der Waals surface area contributed by atoms with Crippen LogP contribution >= 0.6 is 22.6 Å². The number of hydrogen-bond acceptors (Lipinski definition) is 2. The van der Waals surface area contributed by atoms with Crippen molar-refractivity contribution in [2.75, 3.05) is 0 Å². The summed E-state index contributed by atoms with van der Waals surface area (Å²) < 4.78 is 6.70. The van der Waals surface area contributed by atoms with Crippen molar-refractivity contribution < 1.29 is 4.74 Å². The first-order valence-corrected chi connectivity index (χ1v) is 5.71. The molecule has 0 aliphatic heterocycles. The molecule has 0 atom stereocenters. The Morgan fingerprint density at radius 1 is 1.43 bits per heavy atom. The van der Waals surface area contributed by atoms with Gasteiger partial charge in [-0.3, -0.25) is 5.10 Å². The van der Waals surface area contributed by atoms with Gasteiger partial charge in [0.1, 0.15) is 9.45 Å². The molecule has 3 rings (SSSR count). The number of nitrogens with zero attached hydrogens (tertiary/aromatic N) is 1. The maximum absolute atomic E-state index is 5.69. The summed E-state index contributed by atoms with van der Waals surface area (Å²) in [4.78, 5) is 0. The number of benzene rings is 1. The molecule has 1 heterocycles. The van der Waals surface area contributed by atoms with Crippen LogP contribution in [0.15, 0.2) is 18.2 Å². The molecule has 1 aliphatic carbocycles. The van der Waals surface area contributed by atoms with Crippen LogP contribution in [0.3, 0.4) is 0 Å². The second kappa shape index (κ2) is 3.12. The Hall–Kier alpha value is -0.780. The van der Waals surface area contributed by atoms with Crippen LogP contribution in [0.25, 0.3) is 10.9 Å². The number of rotatable bonds is 2. The first kappa shape index (κ1) is 8.52. The van der Waals surface area contributed by atoms with Gasteiger partial charge in [-0.15, -0.1) is 0 Å². The number of halogens is 1. The Morgan fingerprint density at radius 3 is 3.07 bits per heavy atom. The largest absolute Gasteiger partial charge is 0.490 e. The van der Waals surface area contributed by atoms with Crippen LogP contribution in [-0.4, -0.2) is 16.3 Å². The fourth-order valence-electron chi connectivity index (χ4n) is 1.42. The van der Waals surface area contributed by atoms with Crippen molar-refractivity contribution in [3.05, 3.63) is 21.9 Å². The molecular weight excluding hydrogens is 291 g/mol. The maximum atomic E-state index is 5.69. The molecule has 1 saturated carbocycles. The van der Waals surface area contributed by atoms with Crippen molar-refractivity contribution in [2.24, 2.45) is 0 Å². The minimum absolute atomic E-state index is 0.453. The summed E-state index contributed by atoms with van der Waals surface area (Å²) >= 11 is 2.22. The average Bonchev–Trinajstić information content (AvgIpc) is 2.92. The molecule has 1 aliphatic rings. The molecule has 0 radical (unpaired) electrons. The van der Waals surface area contributed by atoms with Crippen molar-refractivity contribution in [1.29, 1.82) is 0 Å². The van der Waals surface area contributed by atoms with Gasteiger partial charge in [0, 0.05) is 11.5 Å². The highest BCUT2D eigenvalue weighted by atomic mass is 127. The Kier molecular flexibility index (Phi) is 1.90. The lowest BCUT2D eigenvalue weighted by Gasteiger charge is -2.02. The predicted molar refractivity (Wildman–Crippen MR) is 62.5 cm³/mol. The summed E-state index contributed by atoms with van der Waals surface area (Å²) in [5.41, 5.74) is 1.05. The zero-order valence-electron chi connectivity index (χ0n) is 7.46. The van der Waals surface area contributed by atoms with Crippen LogP contribution in [0.1, 0.15) is 12.8 Å². The molecule has 0 unspecified atom stereocenters. The highest BCUT2D eigenvalue weighted by molar-refractivity contribution is 14.1. The molecule has 4 heteroatoms. The fraction of sp³-hybridized carbons (Fsp3) is 0.300. The van der Waals surface area contributed by atoms with Gasteiger partial charge in [-0.1, -0.05) is 0 Å². The summed E-state index contributed by atoms with van der Waals surface area (Å²) in [6, 6.07) is 6.08. The first-order chi connectivity index (χ1) is 6.83. The highest BCUT2D eigenvalue weighted by Gasteiger charge is 2.23. The predicted octanol–water partition coefficient (Wildman–Crippen LogP) is 2.71. The number of ether oxygens (including phenoxy) is 1. The van der Waals surface area contributed by atoms with Crippen LogP contribution < -0.4 is 4.74 Å². The molecule has 0 spiro atoms. The Morgan fingerprint density at radius 2 is 2.29 bits per heavy atom. The zero-order valence-corrected chi connectivity index (χ0v) is 9.61. The van der Waals surface area contributed by atoms with E-state index >= 15 is 0 Å². The Labute approximate surface area is 95.0 Å². The van der Waals surface area contributed by atoms with E-state index in [2.05, 4.69) is 38.9 Å². The zero-order chi connectivity index (χ0) is 9.54. The number of H-pyrrole nitrogens is 1. The molecule has 1 aromatic carbocycles. The standard InChI is InChI=1S/C10H9IN2O/c11-10-8-4-3-7(14-6-1-2-6)5-9(8)12-13-10/h3-6H,1-2H2,(H,12,13). The van der Waals surface area contributed by atoms with E-state index in [-0.39, 0.29) is 0 Å². The SMILES string of the molecule is Ic1n[nH]c2cc(OC3CC3)ccc12. The lowest BCUT2D eigenvalue weighted by Crippen LogP contribution is -1.94. The van der Waals surface area contributed by atoms with Crippen molar-refractivity contribution in [2.45, 2.75) is 18.9 Å². The molecule has 14 heavy (non-hydrogen) atoms. The van der Waals surface area contributed by atoms with Crippen molar-refractivity contribution >= 4 is 33.5 Å². The lowest BCUT2D eigenvalue weighted by atomic mass is 10.2. The first-order valence-electron chi connectivity index (χ1n) is 4.63. The fourth-order valence-corrected chi connectivity index (χ4v) is 2.01. The monoisotopic (exact) mass is 300 g/mol. The third kappa shape index (κ3) is 1.47. The number of hydrogen-bond donors (Lipinski definition) is 1. The smallest absolute Gasteiger partial charge is 0.130 e. The van der Waals surface area contributed by atoms with Crippen molar-refractivity contribution in [3.8, 4) is 5.75 Å². The van der Waals surface area contributed by atoms with Gasteiger partial charge in [0.05, 0.1) is 11.6 Å². The summed E-state index contributed by atoms with van der Waals surface area (Å²) in [6.45, 7) is 0. The molecule has 0 amide bonds. The van der Waals surface area contributed by atoms with Gasteiger partial charge in [0.2, 0.25) is 0 Å². The van der Waals surface area contributed by atoms with Crippen molar-refractivity contribution in [3.63, 3.8) is 0 Å². The highest BCUT2D eigenvalue weighted by Crippen LogP contribution is 2.29. The summed E-state index contributed by atoms with van der Waals surface area (Å²) in [7, 11) is 0. The van der Waals surface area contributed by atoms with Gasteiger partial charge < -0.3 is 4.74 Å². The molecule has 72 valence electrons. The molecule has 1 aromatic heterocycles. The van der Waals surface area contributed by atoms with E-state index < -0.39 is 0 Å². The van der Waals surface area contributed by atoms with Crippen molar-refractivity contribution in [1.82, 2.24) is 10.2 Å². The van der Waals surface area contributed by atoms with Gasteiger partial charge >= 0.3 is 0 Å². The third-order valence-corrected chi connectivity index (χ3v) is 3.14. The third-order valence-electron chi connectivity index (χ3n) is 2.31. The van der Waals surface area contributed by atoms with Crippen LogP contribution in [0.5, 0.6) is 5.75 Å². The number of nitrogens with one attached hydrogen (secondary N) is 1. The van der Waals surface area contributed by atoms with Gasteiger partial charge in [-0.2, -0.15) is 5.10 Å².